The molecule has 0 spiro atoms. The summed E-state index contributed by atoms with van der Waals surface area (Å²) in [6, 6.07) is 1.91. The summed E-state index contributed by atoms with van der Waals surface area (Å²) in [6.45, 7) is 2.99. The third-order valence-corrected chi connectivity index (χ3v) is 4.83. The standard InChI is InChI=1S/C14H18N4O2S/c1-11-6-12(8-15-7-11)9-16-21(19,20)14-10-18-5-3-2-4-13(18)17-14/h6-8,10,16H,2-5,9H2,1H3. The van der Waals surface area contributed by atoms with Gasteiger partial charge in [-0.05, 0) is 30.9 Å². The van der Waals surface area contributed by atoms with Gasteiger partial charge >= 0.3 is 0 Å². The molecular formula is C14H18N4O2S. The molecule has 2 aromatic rings. The zero-order valence-corrected chi connectivity index (χ0v) is 12.7. The van der Waals surface area contributed by atoms with Crippen LogP contribution in [-0.4, -0.2) is 23.0 Å². The van der Waals surface area contributed by atoms with Gasteiger partial charge < -0.3 is 4.57 Å². The normalized spacial score (nSPS) is 14.9. The van der Waals surface area contributed by atoms with Crippen molar-refractivity contribution in [2.45, 2.75) is 44.3 Å². The van der Waals surface area contributed by atoms with Crippen LogP contribution in [0.1, 0.15) is 29.8 Å². The van der Waals surface area contributed by atoms with Gasteiger partial charge in [-0.1, -0.05) is 6.07 Å². The second-order valence-corrected chi connectivity index (χ2v) is 7.05. The lowest BCUT2D eigenvalue weighted by atomic mass is 10.2. The van der Waals surface area contributed by atoms with Gasteiger partial charge in [-0.15, -0.1) is 0 Å². The molecule has 6 nitrogen and oxygen atoms in total. The molecule has 3 heterocycles. The SMILES string of the molecule is Cc1cncc(CNS(=O)(=O)c2cn3c(n2)CCCC3)c1. The van der Waals surface area contributed by atoms with Crippen molar-refractivity contribution in [3.63, 3.8) is 0 Å². The third kappa shape index (κ3) is 3.14. The van der Waals surface area contributed by atoms with Crippen molar-refractivity contribution < 1.29 is 8.42 Å². The number of nitrogens with one attached hydrogen (secondary N) is 1. The van der Waals surface area contributed by atoms with Crippen molar-refractivity contribution in [1.29, 1.82) is 0 Å². The number of hydrogen-bond donors (Lipinski definition) is 1. The number of imidazole rings is 1. The van der Waals surface area contributed by atoms with Gasteiger partial charge in [0.25, 0.3) is 10.0 Å². The summed E-state index contributed by atoms with van der Waals surface area (Å²) >= 11 is 0. The van der Waals surface area contributed by atoms with Gasteiger partial charge in [0.2, 0.25) is 0 Å². The first-order valence-corrected chi connectivity index (χ1v) is 8.49. The van der Waals surface area contributed by atoms with Gasteiger partial charge in [0.1, 0.15) is 5.82 Å². The lowest BCUT2D eigenvalue weighted by molar-refractivity contribution is 0.522. The monoisotopic (exact) mass is 306 g/mol. The molecule has 0 radical (unpaired) electrons. The first kappa shape index (κ1) is 14.2. The van der Waals surface area contributed by atoms with Crippen LogP contribution < -0.4 is 4.72 Å². The minimum Gasteiger partial charge on any atom is -0.333 e. The lowest BCUT2D eigenvalue weighted by Crippen LogP contribution is -2.23. The third-order valence-electron chi connectivity index (χ3n) is 3.56. The Balaban J connectivity index is 1.76. The van der Waals surface area contributed by atoms with Crippen LogP contribution in [-0.2, 0) is 29.5 Å². The molecule has 0 saturated carbocycles. The number of pyridine rings is 1. The predicted molar refractivity (Wildman–Crippen MR) is 78.2 cm³/mol. The van der Waals surface area contributed by atoms with Crippen LogP contribution in [0.25, 0.3) is 0 Å². The molecular weight excluding hydrogens is 288 g/mol. The van der Waals surface area contributed by atoms with Crippen LogP contribution in [0.3, 0.4) is 0 Å². The average Bonchev–Trinajstić information content (AvgIpc) is 2.90. The highest BCUT2D eigenvalue weighted by Gasteiger charge is 2.21. The van der Waals surface area contributed by atoms with E-state index in [-0.39, 0.29) is 11.6 Å². The Bertz CT molecular complexity index is 729. The van der Waals surface area contributed by atoms with Crippen molar-refractivity contribution in [3.8, 4) is 0 Å². The van der Waals surface area contributed by atoms with E-state index in [9.17, 15) is 8.42 Å². The van der Waals surface area contributed by atoms with E-state index in [0.29, 0.717) is 0 Å². The van der Waals surface area contributed by atoms with Gasteiger partial charge in [0.15, 0.2) is 5.03 Å². The molecule has 0 unspecified atom stereocenters. The molecule has 1 aliphatic heterocycles. The highest BCUT2D eigenvalue weighted by Crippen LogP contribution is 2.17. The van der Waals surface area contributed by atoms with Gasteiger partial charge in [0, 0.05) is 38.1 Å². The summed E-state index contributed by atoms with van der Waals surface area (Å²) in [5.74, 6) is 0.860. The summed E-state index contributed by atoms with van der Waals surface area (Å²) in [5, 5.41) is 0.111. The maximum Gasteiger partial charge on any atom is 0.259 e. The molecule has 0 saturated heterocycles. The Morgan fingerprint density at radius 1 is 1.33 bits per heavy atom. The number of fused-ring (bicyclic) bond motifs is 1. The number of sulfonamides is 1. The number of aryl methyl sites for hydroxylation is 3. The van der Waals surface area contributed by atoms with Crippen molar-refractivity contribution in [2.24, 2.45) is 0 Å². The van der Waals surface area contributed by atoms with Crippen molar-refractivity contribution in [1.82, 2.24) is 19.3 Å². The minimum atomic E-state index is -3.58. The Morgan fingerprint density at radius 2 is 2.19 bits per heavy atom. The van der Waals surface area contributed by atoms with E-state index in [1.165, 1.54) is 0 Å². The molecule has 2 aromatic heterocycles. The zero-order valence-electron chi connectivity index (χ0n) is 11.9. The van der Waals surface area contributed by atoms with E-state index < -0.39 is 10.0 Å². The van der Waals surface area contributed by atoms with E-state index in [4.69, 9.17) is 0 Å². The van der Waals surface area contributed by atoms with Crippen LogP contribution in [0.5, 0.6) is 0 Å². The van der Waals surface area contributed by atoms with Crippen LogP contribution in [0.2, 0.25) is 0 Å². The number of rotatable bonds is 4. The maximum absolute atomic E-state index is 12.3. The summed E-state index contributed by atoms with van der Waals surface area (Å²) < 4.78 is 29.1. The molecule has 21 heavy (non-hydrogen) atoms. The fraction of sp³-hybridized carbons (Fsp3) is 0.429. The Morgan fingerprint density at radius 3 is 2.95 bits per heavy atom. The smallest absolute Gasteiger partial charge is 0.259 e. The summed E-state index contributed by atoms with van der Waals surface area (Å²) in [7, 11) is -3.58. The fourth-order valence-corrected chi connectivity index (χ4v) is 3.48. The van der Waals surface area contributed by atoms with E-state index in [2.05, 4.69) is 14.7 Å². The molecule has 0 fully saturated rings. The highest BCUT2D eigenvalue weighted by atomic mass is 32.2. The maximum atomic E-state index is 12.3. The molecule has 3 rings (SSSR count). The lowest BCUT2D eigenvalue weighted by Gasteiger charge is -2.11. The Hall–Kier alpha value is -1.73. The van der Waals surface area contributed by atoms with E-state index in [1.54, 1.807) is 18.6 Å². The molecule has 1 aliphatic rings. The minimum absolute atomic E-state index is 0.111. The molecule has 7 heteroatoms. The molecule has 0 aliphatic carbocycles. The van der Waals surface area contributed by atoms with E-state index >= 15 is 0 Å². The number of hydrogen-bond acceptors (Lipinski definition) is 4. The molecule has 0 atom stereocenters. The fourth-order valence-electron chi connectivity index (χ4n) is 2.48. The van der Waals surface area contributed by atoms with E-state index in [0.717, 1.165) is 42.8 Å². The largest absolute Gasteiger partial charge is 0.333 e. The first-order valence-electron chi connectivity index (χ1n) is 7.01. The second-order valence-electron chi connectivity index (χ2n) is 5.34. The molecule has 0 amide bonds. The average molecular weight is 306 g/mol. The van der Waals surface area contributed by atoms with E-state index in [1.807, 2.05) is 17.6 Å². The predicted octanol–water partition coefficient (Wildman–Crippen LogP) is 1.40. The number of aromatic nitrogens is 3. The van der Waals surface area contributed by atoms with Crippen molar-refractivity contribution in [3.05, 3.63) is 41.6 Å². The molecule has 1 N–H and O–H groups in total. The van der Waals surface area contributed by atoms with Crippen LogP contribution in [0.4, 0.5) is 0 Å². The van der Waals surface area contributed by atoms with Gasteiger partial charge in [-0.3, -0.25) is 4.98 Å². The summed E-state index contributed by atoms with van der Waals surface area (Å²) in [5.41, 5.74) is 1.84. The van der Waals surface area contributed by atoms with Crippen molar-refractivity contribution in [2.75, 3.05) is 0 Å². The van der Waals surface area contributed by atoms with Gasteiger partial charge in [-0.25, -0.2) is 18.1 Å². The Kier molecular flexibility index (Phi) is 3.77. The molecule has 0 aromatic carbocycles. The summed E-state index contributed by atoms with van der Waals surface area (Å²) in [4.78, 5) is 8.31. The highest BCUT2D eigenvalue weighted by molar-refractivity contribution is 7.89. The Labute approximate surface area is 124 Å². The topological polar surface area (TPSA) is 76.9 Å². The van der Waals surface area contributed by atoms with Crippen LogP contribution in [0.15, 0.2) is 29.7 Å². The van der Waals surface area contributed by atoms with Crippen molar-refractivity contribution >= 4 is 10.0 Å². The molecule has 0 bridgehead atoms. The molecule has 112 valence electrons. The van der Waals surface area contributed by atoms with Crippen LogP contribution in [0, 0.1) is 6.92 Å². The zero-order chi connectivity index (χ0) is 14.9. The van der Waals surface area contributed by atoms with Gasteiger partial charge in [0.05, 0.1) is 0 Å². The van der Waals surface area contributed by atoms with Gasteiger partial charge in [-0.2, -0.15) is 0 Å². The quantitative estimate of drug-likeness (QED) is 0.926. The first-order chi connectivity index (χ1) is 10.0. The van der Waals surface area contributed by atoms with Crippen LogP contribution >= 0.6 is 0 Å². The summed E-state index contributed by atoms with van der Waals surface area (Å²) in [6.07, 6.45) is 8.02. The number of nitrogens with zero attached hydrogens (tertiary/aromatic N) is 3. The second kappa shape index (κ2) is 5.57.